The van der Waals surface area contributed by atoms with Gasteiger partial charge in [-0.3, -0.25) is 9.69 Å². The van der Waals surface area contributed by atoms with E-state index < -0.39 is 11.9 Å². The fourth-order valence-electron chi connectivity index (χ4n) is 5.03. The van der Waals surface area contributed by atoms with Crippen molar-refractivity contribution in [2.24, 2.45) is 5.73 Å². The molecule has 1 amide bonds. The molecule has 5 nitrogen and oxygen atoms in total. The van der Waals surface area contributed by atoms with E-state index >= 15 is 0 Å². The highest BCUT2D eigenvalue weighted by Crippen LogP contribution is 2.43. The van der Waals surface area contributed by atoms with Gasteiger partial charge in [0.2, 0.25) is 5.91 Å². The predicted molar refractivity (Wildman–Crippen MR) is 131 cm³/mol. The Hall–Kier alpha value is -3.38. The van der Waals surface area contributed by atoms with E-state index in [2.05, 4.69) is 4.90 Å². The van der Waals surface area contributed by atoms with Crippen LogP contribution in [0.5, 0.6) is 11.5 Å². The molecule has 0 bridgehead atoms. The standard InChI is InChI=1S/C28H31FN2O3/c1-18-8-7-11-19(26(18)29)12-13-23-22-17-25(34-3)24(33-2)16-21(22)14-15-31(23)27(28(30)32)20-9-5-4-6-10-20/h4-11,16-17,23,27H,12-15H2,1-3H3,(H2,30,32)/t23-,27+/m0/s1. The van der Waals surface area contributed by atoms with Crippen molar-refractivity contribution in [2.75, 3.05) is 20.8 Å². The summed E-state index contributed by atoms with van der Waals surface area (Å²) in [5.74, 6) is 0.728. The molecule has 2 atom stereocenters. The molecule has 178 valence electrons. The molecular weight excluding hydrogens is 431 g/mol. The maximum absolute atomic E-state index is 14.8. The molecule has 1 heterocycles. The van der Waals surface area contributed by atoms with Crippen LogP contribution in [0.15, 0.2) is 60.7 Å². The summed E-state index contributed by atoms with van der Waals surface area (Å²) in [5, 5.41) is 0. The minimum Gasteiger partial charge on any atom is -0.493 e. The molecule has 0 saturated carbocycles. The van der Waals surface area contributed by atoms with Gasteiger partial charge in [0, 0.05) is 12.6 Å². The van der Waals surface area contributed by atoms with Gasteiger partial charge in [0.15, 0.2) is 11.5 Å². The van der Waals surface area contributed by atoms with E-state index in [-0.39, 0.29) is 11.9 Å². The number of ether oxygens (including phenoxy) is 2. The highest BCUT2D eigenvalue weighted by Gasteiger charge is 2.36. The maximum Gasteiger partial charge on any atom is 0.239 e. The molecule has 0 fully saturated rings. The number of amides is 1. The molecule has 0 unspecified atom stereocenters. The van der Waals surface area contributed by atoms with Gasteiger partial charge in [-0.15, -0.1) is 0 Å². The smallest absolute Gasteiger partial charge is 0.239 e. The van der Waals surface area contributed by atoms with Crippen LogP contribution in [-0.4, -0.2) is 31.6 Å². The average molecular weight is 463 g/mol. The number of primary amides is 1. The minimum atomic E-state index is -0.588. The van der Waals surface area contributed by atoms with Crippen molar-refractivity contribution in [3.8, 4) is 11.5 Å². The van der Waals surface area contributed by atoms with Gasteiger partial charge in [-0.05, 0) is 66.1 Å². The van der Waals surface area contributed by atoms with Crippen molar-refractivity contribution in [1.29, 1.82) is 0 Å². The fourth-order valence-corrected chi connectivity index (χ4v) is 5.03. The summed E-state index contributed by atoms with van der Waals surface area (Å²) in [6.45, 7) is 2.42. The molecule has 0 aliphatic carbocycles. The Balaban J connectivity index is 1.77. The lowest BCUT2D eigenvalue weighted by Gasteiger charge is -2.41. The largest absolute Gasteiger partial charge is 0.493 e. The van der Waals surface area contributed by atoms with Crippen LogP contribution in [0.25, 0.3) is 0 Å². The normalized spacial score (nSPS) is 16.5. The predicted octanol–water partition coefficient (Wildman–Crippen LogP) is 4.91. The summed E-state index contributed by atoms with van der Waals surface area (Å²) in [6, 6.07) is 18.3. The van der Waals surface area contributed by atoms with Gasteiger partial charge in [0.25, 0.3) is 0 Å². The third-order valence-electron chi connectivity index (χ3n) is 6.72. The van der Waals surface area contributed by atoms with Crippen LogP contribution in [0, 0.1) is 12.7 Å². The van der Waals surface area contributed by atoms with E-state index in [1.807, 2.05) is 54.6 Å². The second-order valence-electron chi connectivity index (χ2n) is 8.71. The Morgan fingerprint density at radius 1 is 1.09 bits per heavy atom. The number of carbonyl (C=O) groups excluding carboxylic acids is 1. The van der Waals surface area contributed by atoms with Gasteiger partial charge in [0.05, 0.1) is 14.2 Å². The summed E-state index contributed by atoms with van der Waals surface area (Å²) in [5.41, 5.74) is 10.3. The van der Waals surface area contributed by atoms with Crippen LogP contribution < -0.4 is 15.2 Å². The van der Waals surface area contributed by atoms with Crippen LogP contribution >= 0.6 is 0 Å². The molecule has 1 aliphatic rings. The van der Waals surface area contributed by atoms with E-state index in [4.69, 9.17) is 15.2 Å². The first-order valence-corrected chi connectivity index (χ1v) is 11.5. The SMILES string of the molecule is COc1cc2c(cc1OC)[C@H](CCc1cccc(C)c1F)N([C@@H](C(N)=O)c1ccccc1)CC2. The molecule has 1 aliphatic heterocycles. The lowest BCUT2D eigenvalue weighted by molar-refractivity contribution is -0.124. The molecule has 0 saturated heterocycles. The highest BCUT2D eigenvalue weighted by molar-refractivity contribution is 5.81. The van der Waals surface area contributed by atoms with E-state index in [0.29, 0.717) is 42.0 Å². The van der Waals surface area contributed by atoms with Gasteiger partial charge in [-0.1, -0.05) is 48.5 Å². The zero-order valence-electron chi connectivity index (χ0n) is 19.9. The monoisotopic (exact) mass is 462 g/mol. The number of nitrogens with zero attached hydrogens (tertiary/aromatic N) is 1. The molecule has 3 aromatic rings. The van der Waals surface area contributed by atoms with Gasteiger partial charge in [-0.25, -0.2) is 4.39 Å². The number of nitrogens with two attached hydrogens (primary N) is 1. The van der Waals surface area contributed by atoms with Crippen LogP contribution in [0.2, 0.25) is 0 Å². The molecule has 3 aromatic carbocycles. The summed E-state index contributed by atoms with van der Waals surface area (Å²) in [6.07, 6.45) is 1.89. The molecule has 0 spiro atoms. The summed E-state index contributed by atoms with van der Waals surface area (Å²) in [4.78, 5) is 14.9. The summed E-state index contributed by atoms with van der Waals surface area (Å²) < 4.78 is 25.9. The first-order chi connectivity index (χ1) is 16.4. The highest BCUT2D eigenvalue weighted by atomic mass is 19.1. The molecule has 2 N–H and O–H groups in total. The molecule has 34 heavy (non-hydrogen) atoms. The number of hydrogen-bond acceptors (Lipinski definition) is 4. The van der Waals surface area contributed by atoms with Gasteiger partial charge >= 0.3 is 0 Å². The molecule has 0 radical (unpaired) electrons. The first kappa shape index (κ1) is 23.8. The maximum atomic E-state index is 14.8. The minimum absolute atomic E-state index is 0.152. The summed E-state index contributed by atoms with van der Waals surface area (Å²) in [7, 11) is 3.23. The van der Waals surface area contributed by atoms with Gasteiger partial charge in [-0.2, -0.15) is 0 Å². The molecule has 6 heteroatoms. The van der Waals surface area contributed by atoms with E-state index in [9.17, 15) is 9.18 Å². The number of fused-ring (bicyclic) bond motifs is 1. The van der Waals surface area contributed by atoms with E-state index in [1.54, 1.807) is 27.2 Å². The fraction of sp³-hybridized carbons (Fsp3) is 0.321. The van der Waals surface area contributed by atoms with Crippen LogP contribution in [0.4, 0.5) is 4.39 Å². The lowest BCUT2D eigenvalue weighted by atomic mass is 9.86. The van der Waals surface area contributed by atoms with Crippen LogP contribution in [0.3, 0.4) is 0 Å². The Kier molecular flexibility index (Phi) is 7.17. The zero-order valence-corrected chi connectivity index (χ0v) is 19.9. The first-order valence-electron chi connectivity index (χ1n) is 11.5. The quantitative estimate of drug-likeness (QED) is 0.517. The van der Waals surface area contributed by atoms with Crippen LogP contribution in [0.1, 0.15) is 46.3 Å². The molecule has 0 aromatic heterocycles. The average Bonchev–Trinajstić information content (AvgIpc) is 2.85. The number of rotatable bonds is 8. The third kappa shape index (κ3) is 4.64. The Morgan fingerprint density at radius 2 is 1.79 bits per heavy atom. The number of methoxy groups -OCH3 is 2. The second kappa shape index (κ2) is 10.3. The van der Waals surface area contributed by atoms with Gasteiger partial charge in [0.1, 0.15) is 11.9 Å². The number of aryl methyl sites for hydroxylation is 2. The molecule has 4 rings (SSSR count). The third-order valence-corrected chi connectivity index (χ3v) is 6.72. The second-order valence-corrected chi connectivity index (χ2v) is 8.71. The zero-order chi connectivity index (χ0) is 24.2. The van der Waals surface area contributed by atoms with Crippen molar-refractivity contribution >= 4 is 5.91 Å². The summed E-state index contributed by atoms with van der Waals surface area (Å²) >= 11 is 0. The van der Waals surface area contributed by atoms with Crippen molar-refractivity contribution in [3.63, 3.8) is 0 Å². The Bertz CT molecular complexity index is 1170. The molecular formula is C28H31FN2O3. The Labute approximate surface area is 200 Å². The van der Waals surface area contributed by atoms with E-state index in [0.717, 1.165) is 23.1 Å². The van der Waals surface area contributed by atoms with Crippen molar-refractivity contribution in [1.82, 2.24) is 4.90 Å². The topological polar surface area (TPSA) is 64.8 Å². The number of hydrogen-bond donors (Lipinski definition) is 1. The van der Waals surface area contributed by atoms with Gasteiger partial charge < -0.3 is 15.2 Å². The van der Waals surface area contributed by atoms with E-state index in [1.165, 1.54) is 0 Å². The van der Waals surface area contributed by atoms with Crippen molar-refractivity contribution in [3.05, 3.63) is 94.3 Å². The number of carbonyl (C=O) groups is 1. The Morgan fingerprint density at radius 3 is 2.47 bits per heavy atom. The van der Waals surface area contributed by atoms with Crippen molar-refractivity contribution < 1.29 is 18.7 Å². The number of halogens is 1. The van der Waals surface area contributed by atoms with Crippen LogP contribution in [-0.2, 0) is 17.6 Å². The lowest BCUT2D eigenvalue weighted by Crippen LogP contribution is -2.44. The van der Waals surface area contributed by atoms with Crippen molar-refractivity contribution in [2.45, 2.75) is 38.3 Å². The number of benzene rings is 3.